The lowest BCUT2D eigenvalue weighted by Crippen LogP contribution is -2.34. The zero-order chi connectivity index (χ0) is 17.2. The Morgan fingerprint density at radius 3 is 2.60 bits per heavy atom. The number of aromatic amines is 1. The van der Waals surface area contributed by atoms with Crippen LogP contribution in [0, 0.1) is 12.7 Å². The Hall–Kier alpha value is -2.13. The van der Waals surface area contributed by atoms with Crippen molar-refractivity contribution in [3.8, 4) is 0 Å². The summed E-state index contributed by atoms with van der Waals surface area (Å²) in [5, 5.41) is 1.04. The molecule has 0 atom stereocenters. The minimum absolute atomic E-state index is 0.156. The quantitative estimate of drug-likeness (QED) is 0.707. The highest BCUT2D eigenvalue weighted by molar-refractivity contribution is 5.84. The van der Waals surface area contributed by atoms with Gasteiger partial charge in [-0.05, 0) is 74.5 Å². The van der Waals surface area contributed by atoms with Crippen LogP contribution in [-0.4, -0.2) is 29.5 Å². The molecule has 2 aromatic carbocycles. The van der Waals surface area contributed by atoms with Crippen molar-refractivity contribution in [2.75, 3.05) is 19.6 Å². The van der Waals surface area contributed by atoms with Crippen molar-refractivity contribution in [2.45, 2.75) is 32.1 Å². The molecule has 3 aromatic rings. The van der Waals surface area contributed by atoms with Crippen molar-refractivity contribution in [1.29, 1.82) is 0 Å². The van der Waals surface area contributed by atoms with Crippen LogP contribution in [0.1, 0.15) is 35.6 Å². The molecule has 2 nitrogen and oxygen atoms in total. The summed E-state index contributed by atoms with van der Waals surface area (Å²) in [5.74, 6) is 0.540. The molecular weight excluding hydrogens is 311 g/mol. The fourth-order valence-electron chi connectivity index (χ4n) is 4.16. The van der Waals surface area contributed by atoms with Gasteiger partial charge < -0.3 is 9.88 Å². The van der Waals surface area contributed by atoms with E-state index in [9.17, 15) is 4.39 Å². The molecule has 0 spiro atoms. The first kappa shape index (κ1) is 16.3. The Kier molecular flexibility index (Phi) is 4.58. The first-order valence-corrected chi connectivity index (χ1v) is 9.25. The van der Waals surface area contributed by atoms with Crippen LogP contribution < -0.4 is 0 Å². The highest BCUT2D eigenvalue weighted by Gasteiger charge is 2.20. The molecule has 0 amide bonds. The maximum absolute atomic E-state index is 13.6. The number of aryl methyl sites for hydroxylation is 1. The first-order valence-electron chi connectivity index (χ1n) is 9.25. The number of H-pyrrole nitrogens is 1. The van der Waals surface area contributed by atoms with E-state index in [0.29, 0.717) is 5.92 Å². The lowest BCUT2D eigenvalue weighted by atomic mass is 9.89. The molecule has 1 aliphatic rings. The fraction of sp³-hybridized carbons (Fsp3) is 0.364. The number of nitrogens with one attached hydrogen (secondary N) is 1. The molecule has 0 saturated carbocycles. The lowest BCUT2D eigenvalue weighted by Gasteiger charge is -2.32. The van der Waals surface area contributed by atoms with Gasteiger partial charge in [0, 0.05) is 23.1 Å². The topological polar surface area (TPSA) is 19.0 Å². The highest BCUT2D eigenvalue weighted by Crippen LogP contribution is 2.28. The van der Waals surface area contributed by atoms with E-state index in [2.05, 4.69) is 47.1 Å². The van der Waals surface area contributed by atoms with E-state index in [1.165, 1.54) is 35.7 Å². The molecular formula is C22H25FN2. The van der Waals surface area contributed by atoms with Gasteiger partial charge in [-0.2, -0.15) is 0 Å². The zero-order valence-corrected chi connectivity index (χ0v) is 14.8. The maximum atomic E-state index is 13.6. The number of rotatable bonds is 4. The average Bonchev–Trinajstić information content (AvgIpc) is 2.96. The summed E-state index contributed by atoms with van der Waals surface area (Å²) < 4.78 is 13.6. The van der Waals surface area contributed by atoms with Gasteiger partial charge >= 0.3 is 0 Å². The molecule has 1 saturated heterocycles. The second-order valence-corrected chi connectivity index (χ2v) is 7.20. The Bertz CT molecular complexity index is 845. The van der Waals surface area contributed by atoms with E-state index in [-0.39, 0.29) is 5.82 Å². The van der Waals surface area contributed by atoms with E-state index in [0.717, 1.165) is 37.0 Å². The number of likely N-dealkylation sites (tertiary alicyclic amines) is 1. The third-order valence-corrected chi connectivity index (χ3v) is 5.62. The number of benzene rings is 2. The van der Waals surface area contributed by atoms with Gasteiger partial charge in [-0.25, -0.2) is 4.39 Å². The van der Waals surface area contributed by atoms with E-state index < -0.39 is 0 Å². The monoisotopic (exact) mass is 336 g/mol. The number of fused-ring (bicyclic) bond motifs is 1. The molecule has 25 heavy (non-hydrogen) atoms. The van der Waals surface area contributed by atoms with Crippen LogP contribution in [0.5, 0.6) is 0 Å². The van der Waals surface area contributed by atoms with Crippen molar-refractivity contribution in [1.82, 2.24) is 9.88 Å². The molecule has 4 rings (SSSR count). The van der Waals surface area contributed by atoms with Crippen molar-refractivity contribution >= 4 is 10.9 Å². The third-order valence-electron chi connectivity index (χ3n) is 5.62. The van der Waals surface area contributed by atoms with Crippen molar-refractivity contribution < 1.29 is 4.39 Å². The van der Waals surface area contributed by atoms with Crippen LogP contribution in [0.15, 0.2) is 48.5 Å². The predicted molar refractivity (Wildman–Crippen MR) is 102 cm³/mol. The maximum Gasteiger partial charge on any atom is 0.123 e. The Morgan fingerprint density at radius 2 is 1.84 bits per heavy atom. The summed E-state index contributed by atoms with van der Waals surface area (Å²) >= 11 is 0. The standard InChI is InChI=1S/C22H25FN2/c1-16-20(21-15-19(23)7-8-22(21)24-16)11-14-25-12-9-18(10-13-25)17-5-3-2-4-6-17/h2-8,15,18,24H,9-14H2,1H3. The second kappa shape index (κ2) is 7.01. The van der Waals surface area contributed by atoms with Crippen LogP contribution in [0.3, 0.4) is 0 Å². The van der Waals surface area contributed by atoms with Crippen LogP contribution in [0.25, 0.3) is 10.9 Å². The van der Waals surface area contributed by atoms with Crippen LogP contribution in [-0.2, 0) is 6.42 Å². The molecule has 0 bridgehead atoms. The summed E-state index contributed by atoms with van der Waals surface area (Å²) in [6, 6.07) is 15.9. The Labute approximate surface area is 148 Å². The number of nitrogens with zero attached hydrogens (tertiary/aromatic N) is 1. The van der Waals surface area contributed by atoms with Crippen molar-refractivity contribution in [3.63, 3.8) is 0 Å². The van der Waals surface area contributed by atoms with Gasteiger partial charge in [-0.3, -0.25) is 0 Å². The average molecular weight is 336 g/mol. The number of piperidine rings is 1. The molecule has 1 N–H and O–H groups in total. The SMILES string of the molecule is Cc1[nH]c2ccc(F)cc2c1CCN1CCC(c2ccccc2)CC1. The summed E-state index contributed by atoms with van der Waals surface area (Å²) in [5.41, 5.74) is 4.95. The predicted octanol–water partition coefficient (Wildman–Crippen LogP) is 5.04. The molecule has 1 aromatic heterocycles. The van der Waals surface area contributed by atoms with E-state index >= 15 is 0 Å². The summed E-state index contributed by atoms with van der Waals surface area (Å²) in [7, 11) is 0. The first-order chi connectivity index (χ1) is 12.2. The summed E-state index contributed by atoms with van der Waals surface area (Å²) in [6.07, 6.45) is 3.43. The Balaban J connectivity index is 1.39. The summed E-state index contributed by atoms with van der Waals surface area (Å²) in [6.45, 7) is 5.44. The van der Waals surface area contributed by atoms with Gasteiger partial charge in [-0.15, -0.1) is 0 Å². The molecule has 3 heteroatoms. The molecule has 0 unspecified atom stereocenters. The molecule has 0 radical (unpaired) electrons. The molecule has 1 fully saturated rings. The molecule has 2 heterocycles. The Morgan fingerprint density at radius 1 is 1.08 bits per heavy atom. The van der Waals surface area contributed by atoms with Gasteiger partial charge in [0.05, 0.1) is 0 Å². The van der Waals surface area contributed by atoms with Crippen LogP contribution >= 0.6 is 0 Å². The highest BCUT2D eigenvalue weighted by atomic mass is 19.1. The lowest BCUT2D eigenvalue weighted by molar-refractivity contribution is 0.214. The van der Waals surface area contributed by atoms with Gasteiger partial charge in [0.15, 0.2) is 0 Å². The number of aromatic nitrogens is 1. The largest absolute Gasteiger partial charge is 0.358 e. The van der Waals surface area contributed by atoms with E-state index in [4.69, 9.17) is 0 Å². The third kappa shape index (κ3) is 3.47. The second-order valence-electron chi connectivity index (χ2n) is 7.20. The molecule has 130 valence electrons. The minimum atomic E-state index is -0.156. The molecule has 1 aliphatic heterocycles. The van der Waals surface area contributed by atoms with Crippen molar-refractivity contribution in [3.05, 3.63) is 71.2 Å². The zero-order valence-electron chi connectivity index (χ0n) is 14.8. The van der Waals surface area contributed by atoms with Gasteiger partial charge in [0.25, 0.3) is 0 Å². The smallest absolute Gasteiger partial charge is 0.123 e. The molecule has 0 aliphatic carbocycles. The fourth-order valence-corrected chi connectivity index (χ4v) is 4.16. The van der Waals surface area contributed by atoms with Gasteiger partial charge in [-0.1, -0.05) is 30.3 Å². The minimum Gasteiger partial charge on any atom is -0.358 e. The van der Waals surface area contributed by atoms with E-state index in [1.807, 2.05) is 6.07 Å². The number of halogens is 1. The van der Waals surface area contributed by atoms with Gasteiger partial charge in [0.1, 0.15) is 5.82 Å². The summed E-state index contributed by atoms with van der Waals surface area (Å²) in [4.78, 5) is 5.94. The van der Waals surface area contributed by atoms with Crippen LogP contribution in [0.4, 0.5) is 4.39 Å². The van der Waals surface area contributed by atoms with Crippen LogP contribution in [0.2, 0.25) is 0 Å². The number of hydrogen-bond donors (Lipinski definition) is 1. The number of hydrogen-bond acceptors (Lipinski definition) is 1. The van der Waals surface area contributed by atoms with E-state index in [1.54, 1.807) is 6.07 Å². The van der Waals surface area contributed by atoms with Gasteiger partial charge in [0.2, 0.25) is 0 Å². The van der Waals surface area contributed by atoms with Crippen molar-refractivity contribution in [2.24, 2.45) is 0 Å². The normalized spacial score (nSPS) is 16.6.